The molecule has 0 amide bonds. The Morgan fingerprint density at radius 1 is 1.00 bits per heavy atom. The molecule has 1 aromatic heterocycles. The first-order valence-corrected chi connectivity index (χ1v) is 5.99. The predicted molar refractivity (Wildman–Crippen MR) is 74.6 cm³/mol. The van der Waals surface area contributed by atoms with Gasteiger partial charge in [0.25, 0.3) is 0 Å². The van der Waals surface area contributed by atoms with E-state index < -0.39 is 0 Å². The molecule has 0 unspecified atom stereocenters. The molecule has 1 heterocycles. The maximum Gasteiger partial charge on any atom is 0.132 e. The van der Waals surface area contributed by atoms with Crippen LogP contribution in [0.2, 0.25) is 0 Å². The quantitative estimate of drug-likeness (QED) is 0.780. The average molecular weight is 254 g/mol. The van der Waals surface area contributed by atoms with Crippen LogP contribution >= 0.6 is 0 Å². The van der Waals surface area contributed by atoms with E-state index in [1.807, 2.05) is 42.5 Å². The van der Waals surface area contributed by atoms with Crippen LogP contribution in [-0.4, -0.2) is 24.4 Å². The third-order valence-electron chi connectivity index (χ3n) is 3.13. The molecule has 4 nitrogen and oxygen atoms in total. The number of aromatic amines is 1. The summed E-state index contributed by atoms with van der Waals surface area (Å²) in [7, 11) is 3.28. The number of benzene rings is 2. The summed E-state index contributed by atoms with van der Waals surface area (Å²) in [6, 6.07) is 13.7. The number of H-pyrrole nitrogens is 1. The second-order valence-electron chi connectivity index (χ2n) is 4.18. The average Bonchev–Trinajstić information content (AvgIpc) is 2.90. The molecule has 0 aliphatic heterocycles. The number of aromatic nitrogens is 2. The summed E-state index contributed by atoms with van der Waals surface area (Å²) in [6.45, 7) is 0. The molecule has 0 saturated carbocycles. The Balaban J connectivity index is 2.21. The third-order valence-corrected chi connectivity index (χ3v) is 3.13. The summed E-state index contributed by atoms with van der Waals surface area (Å²) in [5, 5.41) is 8.49. The van der Waals surface area contributed by atoms with E-state index in [4.69, 9.17) is 9.47 Å². The normalized spacial score (nSPS) is 10.6. The topological polar surface area (TPSA) is 47.1 Å². The molecule has 3 aromatic rings. The van der Waals surface area contributed by atoms with Crippen molar-refractivity contribution in [1.29, 1.82) is 0 Å². The molecule has 3 rings (SSSR count). The van der Waals surface area contributed by atoms with Crippen LogP contribution in [0.25, 0.3) is 22.2 Å². The van der Waals surface area contributed by atoms with Crippen LogP contribution in [0.1, 0.15) is 0 Å². The Bertz CT molecular complexity index is 719. The van der Waals surface area contributed by atoms with Crippen molar-refractivity contribution in [2.75, 3.05) is 14.2 Å². The van der Waals surface area contributed by atoms with Crippen molar-refractivity contribution in [2.24, 2.45) is 0 Å². The van der Waals surface area contributed by atoms with Gasteiger partial charge < -0.3 is 9.47 Å². The molecule has 0 atom stereocenters. The van der Waals surface area contributed by atoms with Crippen molar-refractivity contribution in [3.8, 4) is 22.8 Å². The smallest absolute Gasteiger partial charge is 0.132 e. The highest BCUT2D eigenvalue weighted by Gasteiger charge is 2.13. The fourth-order valence-corrected chi connectivity index (χ4v) is 2.16. The standard InChI is InChI=1S/C15H14N2O2/c1-18-10-7-8-12(14(9-10)19-2)15-11-5-3-4-6-13(11)16-17-15/h3-9H,1-2H3,(H,16,17). The van der Waals surface area contributed by atoms with E-state index in [2.05, 4.69) is 10.2 Å². The third kappa shape index (κ3) is 1.91. The minimum absolute atomic E-state index is 0.747. The molecule has 1 N–H and O–H groups in total. The molecule has 19 heavy (non-hydrogen) atoms. The number of ether oxygens (including phenoxy) is 2. The van der Waals surface area contributed by atoms with Gasteiger partial charge in [-0.2, -0.15) is 5.10 Å². The summed E-state index contributed by atoms with van der Waals surface area (Å²) in [5.74, 6) is 1.51. The molecule has 0 radical (unpaired) electrons. The molecular formula is C15H14N2O2. The van der Waals surface area contributed by atoms with Gasteiger partial charge in [0, 0.05) is 17.0 Å². The van der Waals surface area contributed by atoms with Crippen LogP contribution in [0.15, 0.2) is 42.5 Å². The van der Waals surface area contributed by atoms with Crippen molar-refractivity contribution in [2.45, 2.75) is 0 Å². The van der Waals surface area contributed by atoms with Gasteiger partial charge in [0.1, 0.15) is 17.2 Å². The van der Waals surface area contributed by atoms with Crippen LogP contribution < -0.4 is 9.47 Å². The number of rotatable bonds is 3. The number of fused-ring (bicyclic) bond motifs is 1. The summed E-state index contributed by atoms with van der Waals surface area (Å²) in [4.78, 5) is 0. The molecule has 0 aliphatic rings. The second-order valence-corrected chi connectivity index (χ2v) is 4.18. The molecule has 0 saturated heterocycles. The van der Waals surface area contributed by atoms with E-state index in [-0.39, 0.29) is 0 Å². The van der Waals surface area contributed by atoms with Crippen LogP contribution in [0.4, 0.5) is 0 Å². The number of hydrogen-bond donors (Lipinski definition) is 1. The lowest BCUT2D eigenvalue weighted by Crippen LogP contribution is -1.90. The first-order chi connectivity index (χ1) is 9.33. The highest BCUT2D eigenvalue weighted by Crippen LogP contribution is 2.35. The summed E-state index contributed by atoms with van der Waals surface area (Å²) >= 11 is 0. The van der Waals surface area contributed by atoms with Crippen molar-refractivity contribution >= 4 is 10.9 Å². The molecule has 4 heteroatoms. The van der Waals surface area contributed by atoms with Crippen LogP contribution in [0.5, 0.6) is 11.5 Å². The Hall–Kier alpha value is -2.49. The molecular weight excluding hydrogens is 240 g/mol. The zero-order valence-electron chi connectivity index (χ0n) is 10.8. The van der Waals surface area contributed by atoms with Gasteiger partial charge in [0.15, 0.2) is 0 Å². The van der Waals surface area contributed by atoms with E-state index in [1.54, 1.807) is 14.2 Å². The van der Waals surface area contributed by atoms with Crippen LogP contribution in [0.3, 0.4) is 0 Å². The first kappa shape index (κ1) is 11.6. The molecule has 0 spiro atoms. The van der Waals surface area contributed by atoms with Gasteiger partial charge in [-0.05, 0) is 18.2 Å². The molecule has 0 aliphatic carbocycles. The van der Waals surface area contributed by atoms with Crippen molar-refractivity contribution in [3.05, 3.63) is 42.5 Å². The largest absolute Gasteiger partial charge is 0.497 e. The van der Waals surface area contributed by atoms with Crippen LogP contribution in [-0.2, 0) is 0 Å². The van der Waals surface area contributed by atoms with Gasteiger partial charge in [-0.3, -0.25) is 5.10 Å². The number of nitrogens with one attached hydrogen (secondary N) is 1. The molecule has 0 fully saturated rings. The monoisotopic (exact) mass is 254 g/mol. The van der Waals surface area contributed by atoms with E-state index >= 15 is 0 Å². The van der Waals surface area contributed by atoms with Crippen molar-refractivity contribution < 1.29 is 9.47 Å². The lowest BCUT2D eigenvalue weighted by Gasteiger charge is -2.08. The molecule has 0 bridgehead atoms. The minimum atomic E-state index is 0.747. The number of para-hydroxylation sites is 1. The van der Waals surface area contributed by atoms with Crippen LogP contribution in [0, 0.1) is 0 Å². The Labute approximate surface area is 111 Å². The lowest BCUT2D eigenvalue weighted by molar-refractivity contribution is 0.395. The van der Waals surface area contributed by atoms with E-state index in [0.29, 0.717) is 0 Å². The fourth-order valence-electron chi connectivity index (χ4n) is 2.16. The summed E-state index contributed by atoms with van der Waals surface area (Å²) < 4.78 is 10.6. The van der Waals surface area contributed by atoms with Crippen molar-refractivity contribution in [3.63, 3.8) is 0 Å². The Morgan fingerprint density at radius 3 is 2.63 bits per heavy atom. The van der Waals surface area contributed by atoms with Gasteiger partial charge >= 0.3 is 0 Å². The van der Waals surface area contributed by atoms with E-state index in [1.165, 1.54) is 0 Å². The second kappa shape index (κ2) is 4.65. The predicted octanol–water partition coefficient (Wildman–Crippen LogP) is 3.25. The zero-order valence-corrected chi connectivity index (χ0v) is 10.8. The van der Waals surface area contributed by atoms with Gasteiger partial charge in [0.2, 0.25) is 0 Å². The molecule has 96 valence electrons. The lowest BCUT2D eigenvalue weighted by atomic mass is 10.1. The Kier molecular flexibility index (Phi) is 2.83. The fraction of sp³-hybridized carbons (Fsp3) is 0.133. The Morgan fingerprint density at radius 2 is 1.84 bits per heavy atom. The number of nitrogens with zero attached hydrogens (tertiary/aromatic N) is 1. The molecule has 2 aromatic carbocycles. The van der Waals surface area contributed by atoms with Gasteiger partial charge in [-0.25, -0.2) is 0 Å². The zero-order chi connectivity index (χ0) is 13.2. The van der Waals surface area contributed by atoms with Gasteiger partial charge in [-0.1, -0.05) is 18.2 Å². The van der Waals surface area contributed by atoms with Crippen molar-refractivity contribution in [1.82, 2.24) is 10.2 Å². The summed E-state index contributed by atoms with van der Waals surface area (Å²) in [5.41, 5.74) is 2.84. The van der Waals surface area contributed by atoms with E-state index in [9.17, 15) is 0 Å². The van der Waals surface area contributed by atoms with Gasteiger partial charge in [0.05, 0.1) is 19.7 Å². The van der Waals surface area contributed by atoms with Gasteiger partial charge in [-0.15, -0.1) is 0 Å². The SMILES string of the molecule is COc1ccc(-c2n[nH]c3ccccc23)c(OC)c1. The van der Waals surface area contributed by atoms with E-state index in [0.717, 1.165) is 33.7 Å². The number of methoxy groups -OCH3 is 2. The minimum Gasteiger partial charge on any atom is -0.497 e. The maximum absolute atomic E-state index is 5.43. The first-order valence-electron chi connectivity index (χ1n) is 5.99. The maximum atomic E-state index is 5.43. The number of hydrogen-bond acceptors (Lipinski definition) is 3. The highest BCUT2D eigenvalue weighted by molar-refractivity contribution is 5.94. The highest BCUT2D eigenvalue weighted by atomic mass is 16.5. The summed E-state index contributed by atoms with van der Waals surface area (Å²) in [6.07, 6.45) is 0.